The molecule has 0 bridgehead atoms. The zero-order valence-corrected chi connectivity index (χ0v) is 12.1. The van der Waals surface area contributed by atoms with Crippen LogP contribution in [0.4, 0.5) is 18.9 Å². The predicted octanol–water partition coefficient (Wildman–Crippen LogP) is 4.89. The molecular weight excluding hydrogens is 277 g/mol. The van der Waals surface area contributed by atoms with Crippen LogP contribution in [0.3, 0.4) is 0 Å². The summed E-state index contributed by atoms with van der Waals surface area (Å²) in [5.74, 6) is 0. The van der Waals surface area contributed by atoms with Crippen molar-refractivity contribution in [1.29, 1.82) is 0 Å². The van der Waals surface area contributed by atoms with Gasteiger partial charge in [0.2, 0.25) is 0 Å². The number of aromatic nitrogens is 1. The largest absolute Gasteiger partial charge is 0.416 e. The molecule has 1 unspecified atom stereocenters. The highest BCUT2D eigenvalue weighted by Crippen LogP contribution is 2.35. The van der Waals surface area contributed by atoms with E-state index in [9.17, 15) is 13.2 Å². The highest BCUT2D eigenvalue weighted by atomic mass is 19.4. The van der Waals surface area contributed by atoms with E-state index < -0.39 is 17.8 Å². The molecule has 0 radical (unpaired) electrons. The van der Waals surface area contributed by atoms with E-state index >= 15 is 0 Å². The summed E-state index contributed by atoms with van der Waals surface area (Å²) >= 11 is 0. The number of aryl methyl sites for hydroxylation is 2. The molecule has 0 aliphatic rings. The number of halogens is 3. The van der Waals surface area contributed by atoms with E-state index in [1.165, 1.54) is 12.1 Å². The lowest BCUT2D eigenvalue weighted by Gasteiger charge is -2.21. The average molecular weight is 294 g/mol. The molecule has 5 heteroatoms. The predicted molar refractivity (Wildman–Crippen MR) is 77.2 cm³/mol. The maximum absolute atomic E-state index is 13.0. The lowest BCUT2D eigenvalue weighted by molar-refractivity contribution is -0.138. The van der Waals surface area contributed by atoms with Crippen molar-refractivity contribution in [3.63, 3.8) is 0 Å². The summed E-state index contributed by atoms with van der Waals surface area (Å²) in [6.45, 7) is 5.42. The fraction of sp³-hybridized carbons (Fsp3) is 0.312. The fourth-order valence-corrected chi connectivity index (χ4v) is 2.28. The first kappa shape index (κ1) is 15.4. The molecule has 0 aliphatic heterocycles. The minimum Gasteiger partial charge on any atom is -0.377 e. The van der Waals surface area contributed by atoms with Gasteiger partial charge in [-0.2, -0.15) is 13.2 Å². The number of alkyl halides is 3. The first-order valence-electron chi connectivity index (χ1n) is 6.66. The number of hydrogen-bond donors (Lipinski definition) is 1. The van der Waals surface area contributed by atoms with Gasteiger partial charge < -0.3 is 5.32 Å². The molecule has 0 aliphatic carbocycles. The molecule has 1 aromatic carbocycles. The quantitative estimate of drug-likeness (QED) is 0.871. The maximum Gasteiger partial charge on any atom is 0.416 e. The van der Waals surface area contributed by atoms with E-state index in [-0.39, 0.29) is 5.56 Å². The summed E-state index contributed by atoms with van der Waals surface area (Å²) in [5, 5.41) is 3.10. The maximum atomic E-state index is 13.0. The van der Waals surface area contributed by atoms with Crippen molar-refractivity contribution in [1.82, 2.24) is 4.98 Å². The van der Waals surface area contributed by atoms with Crippen LogP contribution in [0.1, 0.15) is 35.5 Å². The molecule has 21 heavy (non-hydrogen) atoms. The van der Waals surface area contributed by atoms with Crippen molar-refractivity contribution in [2.75, 3.05) is 5.32 Å². The Hall–Kier alpha value is -2.04. The minimum atomic E-state index is -4.35. The highest BCUT2D eigenvalue weighted by molar-refractivity contribution is 5.50. The van der Waals surface area contributed by atoms with E-state index in [0.717, 1.165) is 23.1 Å². The molecular formula is C16H17F3N2. The van der Waals surface area contributed by atoms with Crippen molar-refractivity contribution in [3.8, 4) is 0 Å². The van der Waals surface area contributed by atoms with Gasteiger partial charge in [-0.1, -0.05) is 18.2 Å². The molecule has 1 N–H and O–H groups in total. The van der Waals surface area contributed by atoms with Gasteiger partial charge in [0, 0.05) is 11.7 Å². The third kappa shape index (κ3) is 3.54. The van der Waals surface area contributed by atoms with Gasteiger partial charge in [-0.05, 0) is 44.5 Å². The first-order valence-corrected chi connectivity index (χ1v) is 6.66. The highest BCUT2D eigenvalue weighted by Gasteiger charge is 2.34. The number of benzene rings is 1. The summed E-state index contributed by atoms with van der Waals surface area (Å²) in [5.41, 5.74) is 2.01. The van der Waals surface area contributed by atoms with E-state index in [1.54, 1.807) is 13.0 Å². The van der Waals surface area contributed by atoms with E-state index in [1.807, 2.05) is 26.0 Å². The van der Waals surface area contributed by atoms with Crippen molar-refractivity contribution in [2.24, 2.45) is 0 Å². The first-order chi connectivity index (χ1) is 9.79. The van der Waals surface area contributed by atoms with Crippen LogP contribution in [-0.4, -0.2) is 4.98 Å². The van der Waals surface area contributed by atoms with Crippen molar-refractivity contribution in [2.45, 2.75) is 33.0 Å². The standard InChI is InChI=1S/C16H17F3N2/c1-10-8-9-15(12(3)20-10)21-11(2)13-6-4-5-7-14(13)16(17,18)19/h4-9,11,21H,1-3H3. The summed E-state index contributed by atoms with van der Waals surface area (Å²) in [7, 11) is 0. The summed E-state index contributed by atoms with van der Waals surface area (Å²) in [6, 6.07) is 8.82. The molecule has 0 saturated carbocycles. The Morgan fingerprint density at radius 2 is 1.71 bits per heavy atom. The normalized spacial score (nSPS) is 13.0. The molecule has 0 amide bonds. The second kappa shape index (κ2) is 5.76. The Balaban J connectivity index is 2.31. The SMILES string of the molecule is Cc1ccc(NC(C)c2ccccc2C(F)(F)F)c(C)n1. The average Bonchev–Trinajstić information content (AvgIpc) is 2.41. The van der Waals surface area contributed by atoms with Crippen LogP contribution < -0.4 is 5.32 Å². The lowest BCUT2D eigenvalue weighted by Crippen LogP contribution is -2.15. The monoisotopic (exact) mass is 294 g/mol. The van der Waals surface area contributed by atoms with Gasteiger partial charge in [-0.15, -0.1) is 0 Å². The third-order valence-corrected chi connectivity index (χ3v) is 3.33. The number of anilines is 1. The van der Waals surface area contributed by atoms with Gasteiger partial charge in [0.05, 0.1) is 16.9 Å². The molecule has 2 rings (SSSR count). The van der Waals surface area contributed by atoms with Crippen LogP contribution in [-0.2, 0) is 6.18 Å². The zero-order valence-electron chi connectivity index (χ0n) is 12.1. The van der Waals surface area contributed by atoms with Crippen molar-refractivity contribution in [3.05, 3.63) is 58.9 Å². The lowest BCUT2D eigenvalue weighted by atomic mass is 10.0. The van der Waals surface area contributed by atoms with E-state index in [0.29, 0.717) is 0 Å². The Morgan fingerprint density at radius 3 is 2.33 bits per heavy atom. The summed E-state index contributed by atoms with van der Waals surface area (Å²) < 4.78 is 39.1. The van der Waals surface area contributed by atoms with Crippen molar-refractivity contribution < 1.29 is 13.2 Å². The Labute approximate surface area is 122 Å². The molecule has 2 nitrogen and oxygen atoms in total. The Morgan fingerprint density at radius 1 is 1.05 bits per heavy atom. The molecule has 1 aromatic heterocycles. The minimum absolute atomic E-state index is 0.227. The molecule has 0 spiro atoms. The van der Waals surface area contributed by atoms with Gasteiger partial charge in [0.25, 0.3) is 0 Å². The smallest absolute Gasteiger partial charge is 0.377 e. The number of hydrogen-bond acceptors (Lipinski definition) is 2. The van der Waals surface area contributed by atoms with Gasteiger partial charge in [0.1, 0.15) is 0 Å². The number of rotatable bonds is 3. The van der Waals surface area contributed by atoms with Crippen LogP contribution in [0.25, 0.3) is 0 Å². The van der Waals surface area contributed by atoms with E-state index in [2.05, 4.69) is 10.3 Å². The van der Waals surface area contributed by atoms with Crippen LogP contribution in [0.2, 0.25) is 0 Å². The Bertz CT molecular complexity index is 636. The van der Waals surface area contributed by atoms with Crippen LogP contribution in [0, 0.1) is 13.8 Å². The summed E-state index contributed by atoms with van der Waals surface area (Å²) in [6.07, 6.45) is -4.35. The number of nitrogens with zero attached hydrogens (tertiary/aromatic N) is 1. The van der Waals surface area contributed by atoms with Crippen LogP contribution in [0.15, 0.2) is 36.4 Å². The van der Waals surface area contributed by atoms with Crippen molar-refractivity contribution >= 4 is 5.69 Å². The number of nitrogens with one attached hydrogen (secondary N) is 1. The van der Waals surface area contributed by atoms with Gasteiger partial charge in [0.15, 0.2) is 0 Å². The summed E-state index contributed by atoms with van der Waals surface area (Å²) in [4.78, 5) is 4.31. The second-order valence-electron chi connectivity index (χ2n) is 5.04. The van der Waals surface area contributed by atoms with Crippen LogP contribution >= 0.6 is 0 Å². The zero-order chi connectivity index (χ0) is 15.6. The molecule has 1 heterocycles. The van der Waals surface area contributed by atoms with Gasteiger partial charge >= 0.3 is 6.18 Å². The molecule has 2 aromatic rings. The fourth-order valence-electron chi connectivity index (χ4n) is 2.28. The number of pyridine rings is 1. The topological polar surface area (TPSA) is 24.9 Å². The van der Waals surface area contributed by atoms with Gasteiger partial charge in [-0.25, -0.2) is 0 Å². The second-order valence-corrected chi connectivity index (χ2v) is 5.04. The molecule has 0 fully saturated rings. The van der Waals surface area contributed by atoms with Gasteiger partial charge in [-0.3, -0.25) is 4.98 Å². The van der Waals surface area contributed by atoms with E-state index in [4.69, 9.17) is 0 Å². The molecule has 1 atom stereocenters. The Kier molecular flexibility index (Phi) is 4.21. The third-order valence-electron chi connectivity index (χ3n) is 3.33. The molecule has 0 saturated heterocycles. The molecule has 112 valence electrons. The van der Waals surface area contributed by atoms with Crippen LogP contribution in [0.5, 0.6) is 0 Å².